The van der Waals surface area contributed by atoms with Gasteiger partial charge < -0.3 is 9.47 Å². The SMILES string of the molecule is Cn1c(SCCCN2CC[C@]3(C[C@@H]3c3ccc(C(F)(F)F)cc3)C2)nnc1/C(=C/S)N=N. The molecule has 1 saturated carbocycles. The second-order valence-electron chi connectivity index (χ2n) is 8.46. The van der Waals surface area contributed by atoms with Crippen molar-refractivity contribution < 1.29 is 13.2 Å². The Morgan fingerprint density at radius 3 is 2.75 bits per heavy atom. The number of hydrogen-bond donors (Lipinski definition) is 2. The van der Waals surface area contributed by atoms with Gasteiger partial charge in [0.25, 0.3) is 0 Å². The van der Waals surface area contributed by atoms with E-state index in [-0.39, 0.29) is 5.41 Å². The number of thiol groups is 1. The first-order valence-corrected chi connectivity index (χ1v) is 11.9. The quantitative estimate of drug-likeness (QED) is 0.227. The molecule has 2 heterocycles. The summed E-state index contributed by atoms with van der Waals surface area (Å²) < 4.78 is 40.2. The van der Waals surface area contributed by atoms with Crippen molar-refractivity contribution in [2.45, 2.75) is 36.5 Å². The van der Waals surface area contributed by atoms with E-state index in [1.807, 2.05) is 11.6 Å². The van der Waals surface area contributed by atoms with Crippen LogP contribution in [0.1, 0.15) is 42.1 Å². The molecule has 0 radical (unpaired) electrons. The molecule has 1 aromatic carbocycles. The second-order valence-corrected chi connectivity index (χ2v) is 9.78. The van der Waals surface area contributed by atoms with E-state index < -0.39 is 11.7 Å². The summed E-state index contributed by atoms with van der Waals surface area (Å²) in [4.78, 5) is 2.47. The Bertz CT molecular complexity index is 1000. The Labute approximate surface area is 194 Å². The number of rotatable bonds is 8. The number of halogens is 3. The van der Waals surface area contributed by atoms with Crippen LogP contribution in [0.5, 0.6) is 0 Å². The van der Waals surface area contributed by atoms with Gasteiger partial charge in [0.05, 0.1) is 5.56 Å². The average Bonchev–Trinajstić information content (AvgIpc) is 3.12. The molecule has 11 heteroatoms. The van der Waals surface area contributed by atoms with Crippen LogP contribution in [0.2, 0.25) is 0 Å². The molecule has 1 aromatic heterocycles. The van der Waals surface area contributed by atoms with Gasteiger partial charge in [-0.1, -0.05) is 23.9 Å². The van der Waals surface area contributed by atoms with Crippen molar-refractivity contribution >= 4 is 30.1 Å². The van der Waals surface area contributed by atoms with E-state index in [0.29, 0.717) is 17.4 Å². The van der Waals surface area contributed by atoms with Gasteiger partial charge in [0.15, 0.2) is 11.0 Å². The van der Waals surface area contributed by atoms with Crippen molar-refractivity contribution in [3.05, 3.63) is 46.6 Å². The molecule has 0 unspecified atom stereocenters. The molecule has 2 fully saturated rings. The molecule has 172 valence electrons. The molecule has 1 N–H and O–H groups in total. The number of nitrogens with zero attached hydrogens (tertiary/aromatic N) is 5. The Morgan fingerprint density at radius 1 is 1.34 bits per heavy atom. The Morgan fingerprint density at radius 2 is 2.09 bits per heavy atom. The standard InChI is InChI=1S/C21H25F3N6S2/c1-29-18(17(12-31)26-25)27-28-19(29)32-10-2-8-30-9-7-20(13-30)11-16(20)14-3-5-15(6-4-14)21(22,23)24/h3-6,12,16,25,31H,2,7-11,13H2,1H3/b17-12-,26-25?/t16-,20+/m1/s1. The number of alkyl halides is 3. The first-order chi connectivity index (χ1) is 15.3. The van der Waals surface area contributed by atoms with Crippen molar-refractivity contribution in [3.8, 4) is 0 Å². The molecule has 32 heavy (non-hydrogen) atoms. The lowest BCUT2D eigenvalue weighted by atomic mass is 9.97. The predicted octanol–water partition coefficient (Wildman–Crippen LogP) is 5.45. The summed E-state index contributed by atoms with van der Waals surface area (Å²) in [5.41, 5.74) is 8.23. The Balaban J connectivity index is 1.23. The minimum absolute atomic E-state index is 0.237. The van der Waals surface area contributed by atoms with Gasteiger partial charge in [-0.05, 0) is 66.8 Å². The maximum atomic E-state index is 12.8. The van der Waals surface area contributed by atoms with Gasteiger partial charge >= 0.3 is 6.18 Å². The summed E-state index contributed by atoms with van der Waals surface area (Å²) in [5, 5.41) is 13.9. The summed E-state index contributed by atoms with van der Waals surface area (Å²) in [7, 11) is 1.85. The van der Waals surface area contributed by atoms with Gasteiger partial charge in [-0.3, -0.25) is 0 Å². The molecule has 2 atom stereocenters. The highest BCUT2D eigenvalue weighted by Crippen LogP contribution is 2.64. The van der Waals surface area contributed by atoms with Crippen LogP contribution in [-0.2, 0) is 13.2 Å². The number of hydrogen-bond acceptors (Lipinski definition) is 7. The van der Waals surface area contributed by atoms with E-state index in [9.17, 15) is 13.2 Å². The van der Waals surface area contributed by atoms with Crippen LogP contribution in [0.3, 0.4) is 0 Å². The number of thioether (sulfide) groups is 1. The van der Waals surface area contributed by atoms with Crippen LogP contribution in [0.4, 0.5) is 13.2 Å². The van der Waals surface area contributed by atoms with Crippen molar-refractivity contribution in [1.82, 2.24) is 19.7 Å². The summed E-state index contributed by atoms with van der Waals surface area (Å²) in [6.45, 7) is 3.04. The van der Waals surface area contributed by atoms with Gasteiger partial charge in [0.2, 0.25) is 0 Å². The van der Waals surface area contributed by atoms with Crippen molar-refractivity contribution in [3.63, 3.8) is 0 Å². The topological polar surface area (TPSA) is 70.2 Å². The molecule has 2 aromatic rings. The molecule has 6 nitrogen and oxygen atoms in total. The third-order valence-electron chi connectivity index (χ3n) is 6.45. The van der Waals surface area contributed by atoms with Gasteiger partial charge in [-0.25, -0.2) is 5.53 Å². The van der Waals surface area contributed by atoms with E-state index in [0.717, 1.165) is 55.4 Å². The first kappa shape index (κ1) is 23.3. The normalized spacial score (nSPS) is 23.8. The van der Waals surface area contributed by atoms with Gasteiger partial charge in [-0.15, -0.1) is 22.8 Å². The number of benzene rings is 1. The summed E-state index contributed by atoms with van der Waals surface area (Å²) in [5.74, 6) is 1.79. The van der Waals surface area contributed by atoms with E-state index in [2.05, 4.69) is 32.8 Å². The maximum absolute atomic E-state index is 12.8. The fraction of sp³-hybridized carbons (Fsp3) is 0.524. The molecule has 1 aliphatic heterocycles. The monoisotopic (exact) mass is 482 g/mol. The van der Waals surface area contributed by atoms with Crippen molar-refractivity contribution in [2.75, 3.05) is 25.4 Å². The van der Waals surface area contributed by atoms with E-state index >= 15 is 0 Å². The summed E-state index contributed by atoms with van der Waals surface area (Å²) in [6.07, 6.45) is -1.11. The third-order valence-corrected chi connectivity index (χ3v) is 7.80. The molecule has 1 spiro atoms. The molecule has 1 aliphatic carbocycles. The lowest BCUT2D eigenvalue weighted by Crippen LogP contribution is -2.23. The highest BCUT2D eigenvalue weighted by Gasteiger charge is 2.57. The largest absolute Gasteiger partial charge is 0.416 e. The van der Waals surface area contributed by atoms with Crippen molar-refractivity contribution in [1.29, 1.82) is 5.53 Å². The van der Waals surface area contributed by atoms with E-state index in [1.54, 1.807) is 23.9 Å². The molecule has 0 amide bonds. The zero-order valence-corrected chi connectivity index (χ0v) is 19.4. The molecule has 1 saturated heterocycles. The minimum atomic E-state index is -4.28. The van der Waals surface area contributed by atoms with E-state index in [1.165, 1.54) is 17.5 Å². The number of nitrogens with one attached hydrogen (secondary N) is 1. The fourth-order valence-corrected chi connectivity index (χ4v) is 5.61. The van der Waals surface area contributed by atoms with Gasteiger partial charge in [0, 0.05) is 19.3 Å². The van der Waals surface area contributed by atoms with E-state index in [4.69, 9.17) is 5.53 Å². The van der Waals surface area contributed by atoms with Crippen LogP contribution in [-0.4, -0.2) is 45.1 Å². The summed E-state index contributed by atoms with van der Waals surface area (Å²) >= 11 is 5.67. The lowest BCUT2D eigenvalue weighted by molar-refractivity contribution is -0.137. The predicted molar refractivity (Wildman–Crippen MR) is 121 cm³/mol. The smallest absolute Gasteiger partial charge is 0.304 e. The van der Waals surface area contributed by atoms with Crippen LogP contribution in [0, 0.1) is 10.9 Å². The molecule has 4 rings (SSSR count). The highest BCUT2D eigenvalue weighted by molar-refractivity contribution is 7.99. The second kappa shape index (κ2) is 9.18. The minimum Gasteiger partial charge on any atom is -0.304 e. The van der Waals surface area contributed by atoms with Gasteiger partial charge in [0.1, 0.15) is 5.70 Å². The Kier molecular flexibility index (Phi) is 6.69. The van der Waals surface area contributed by atoms with Crippen LogP contribution in [0.25, 0.3) is 5.70 Å². The fourth-order valence-electron chi connectivity index (χ4n) is 4.60. The average molecular weight is 483 g/mol. The maximum Gasteiger partial charge on any atom is 0.416 e. The Hall–Kier alpha value is -1.85. The highest BCUT2D eigenvalue weighted by atomic mass is 32.2. The lowest BCUT2D eigenvalue weighted by Gasteiger charge is -2.16. The van der Waals surface area contributed by atoms with Gasteiger partial charge in [-0.2, -0.15) is 18.3 Å². The first-order valence-electron chi connectivity index (χ1n) is 10.4. The molecule has 0 bridgehead atoms. The van der Waals surface area contributed by atoms with Crippen LogP contribution >= 0.6 is 24.4 Å². The number of likely N-dealkylation sites (tertiary alicyclic amines) is 1. The molecular formula is C21H25F3N6S2. The van der Waals surface area contributed by atoms with Crippen LogP contribution in [0.15, 0.2) is 39.9 Å². The van der Waals surface area contributed by atoms with Crippen molar-refractivity contribution in [2.24, 2.45) is 17.6 Å². The summed E-state index contributed by atoms with van der Waals surface area (Å²) in [6, 6.07) is 5.71. The molecule has 2 aliphatic rings. The zero-order chi connectivity index (χ0) is 22.9. The third kappa shape index (κ3) is 4.74. The van der Waals surface area contributed by atoms with Crippen LogP contribution < -0.4 is 0 Å². The zero-order valence-electron chi connectivity index (χ0n) is 17.6. The molecular weight excluding hydrogens is 457 g/mol. The number of aromatic nitrogens is 3.